The van der Waals surface area contributed by atoms with Crippen molar-refractivity contribution in [3.8, 4) is 11.5 Å². The van der Waals surface area contributed by atoms with Crippen molar-refractivity contribution in [1.29, 1.82) is 0 Å². The lowest BCUT2D eigenvalue weighted by Gasteiger charge is -2.29. The summed E-state index contributed by atoms with van der Waals surface area (Å²) in [6.07, 6.45) is 2.70. The number of hydrogen-bond donors (Lipinski definition) is 1. The maximum atomic E-state index is 6.01. The van der Waals surface area contributed by atoms with E-state index in [0.29, 0.717) is 5.92 Å². The summed E-state index contributed by atoms with van der Waals surface area (Å²) >= 11 is 0. The van der Waals surface area contributed by atoms with E-state index in [1.54, 1.807) is 7.11 Å². The standard InChI is InChI=1S/C14H21NO2/c1-11(12-6-5-9-15-10-12)17-14-8-4-3-7-13(14)16-2/h3-4,7-8,11-12,15H,5-6,9-10H2,1-2H3. The Morgan fingerprint density at radius 1 is 1.29 bits per heavy atom. The highest BCUT2D eigenvalue weighted by atomic mass is 16.5. The first-order chi connectivity index (χ1) is 8.31. The number of rotatable bonds is 4. The molecule has 0 bridgehead atoms. The molecule has 0 amide bonds. The van der Waals surface area contributed by atoms with Gasteiger partial charge in [-0.1, -0.05) is 12.1 Å². The van der Waals surface area contributed by atoms with Gasteiger partial charge in [0, 0.05) is 12.5 Å². The van der Waals surface area contributed by atoms with Gasteiger partial charge in [-0.05, 0) is 38.4 Å². The quantitative estimate of drug-likeness (QED) is 0.869. The largest absolute Gasteiger partial charge is 0.493 e. The molecular weight excluding hydrogens is 214 g/mol. The second kappa shape index (κ2) is 5.92. The van der Waals surface area contributed by atoms with E-state index in [1.807, 2.05) is 24.3 Å². The van der Waals surface area contributed by atoms with E-state index >= 15 is 0 Å². The second-order valence-electron chi connectivity index (χ2n) is 4.58. The summed E-state index contributed by atoms with van der Waals surface area (Å²) in [5.74, 6) is 2.24. The van der Waals surface area contributed by atoms with Crippen molar-refractivity contribution in [1.82, 2.24) is 5.32 Å². The first-order valence-electron chi connectivity index (χ1n) is 6.31. The Kier molecular flexibility index (Phi) is 4.26. The molecule has 0 spiro atoms. The molecule has 1 aliphatic rings. The highest BCUT2D eigenvalue weighted by Crippen LogP contribution is 2.29. The van der Waals surface area contributed by atoms with Crippen molar-refractivity contribution >= 4 is 0 Å². The molecule has 0 aromatic heterocycles. The van der Waals surface area contributed by atoms with Crippen molar-refractivity contribution in [3.63, 3.8) is 0 Å². The molecule has 1 N–H and O–H groups in total. The molecular formula is C14H21NO2. The summed E-state index contributed by atoms with van der Waals surface area (Å²) in [4.78, 5) is 0. The molecule has 0 aliphatic carbocycles. The minimum atomic E-state index is 0.221. The number of nitrogens with one attached hydrogen (secondary N) is 1. The lowest BCUT2D eigenvalue weighted by Crippen LogP contribution is -2.37. The van der Waals surface area contributed by atoms with Gasteiger partial charge in [0.2, 0.25) is 0 Å². The molecule has 1 heterocycles. The van der Waals surface area contributed by atoms with Crippen LogP contribution >= 0.6 is 0 Å². The summed E-state index contributed by atoms with van der Waals surface area (Å²) < 4.78 is 11.3. The van der Waals surface area contributed by atoms with Gasteiger partial charge in [0.1, 0.15) is 6.10 Å². The van der Waals surface area contributed by atoms with Crippen molar-refractivity contribution in [2.45, 2.75) is 25.9 Å². The Hall–Kier alpha value is -1.22. The van der Waals surface area contributed by atoms with Crippen molar-refractivity contribution in [2.75, 3.05) is 20.2 Å². The smallest absolute Gasteiger partial charge is 0.161 e. The van der Waals surface area contributed by atoms with Crippen LogP contribution in [-0.2, 0) is 0 Å². The van der Waals surface area contributed by atoms with Gasteiger partial charge in [-0.15, -0.1) is 0 Å². The van der Waals surface area contributed by atoms with Gasteiger partial charge in [0.05, 0.1) is 7.11 Å². The molecule has 1 fully saturated rings. The molecule has 17 heavy (non-hydrogen) atoms. The average molecular weight is 235 g/mol. The van der Waals surface area contributed by atoms with Crippen LogP contribution in [0.25, 0.3) is 0 Å². The van der Waals surface area contributed by atoms with Crippen LogP contribution in [0.15, 0.2) is 24.3 Å². The highest BCUT2D eigenvalue weighted by Gasteiger charge is 2.21. The van der Waals surface area contributed by atoms with Gasteiger partial charge < -0.3 is 14.8 Å². The number of ether oxygens (including phenoxy) is 2. The van der Waals surface area contributed by atoms with Crippen LogP contribution in [0.5, 0.6) is 11.5 Å². The van der Waals surface area contributed by atoms with Gasteiger partial charge >= 0.3 is 0 Å². The maximum absolute atomic E-state index is 6.01. The molecule has 0 radical (unpaired) electrons. The molecule has 1 saturated heterocycles. The van der Waals surface area contributed by atoms with E-state index in [1.165, 1.54) is 12.8 Å². The van der Waals surface area contributed by atoms with E-state index in [-0.39, 0.29) is 6.10 Å². The summed E-state index contributed by atoms with van der Waals surface area (Å²) in [5, 5.41) is 3.42. The van der Waals surface area contributed by atoms with Crippen LogP contribution in [-0.4, -0.2) is 26.3 Å². The summed E-state index contributed by atoms with van der Waals surface area (Å²) in [6, 6.07) is 7.83. The normalized spacial score (nSPS) is 21.9. The van der Waals surface area contributed by atoms with Crippen LogP contribution in [0.2, 0.25) is 0 Å². The Morgan fingerprint density at radius 2 is 2.06 bits per heavy atom. The molecule has 2 rings (SSSR count). The molecule has 1 aliphatic heterocycles. The number of piperidine rings is 1. The Balaban J connectivity index is 1.99. The maximum Gasteiger partial charge on any atom is 0.161 e. The van der Waals surface area contributed by atoms with Crippen molar-refractivity contribution < 1.29 is 9.47 Å². The topological polar surface area (TPSA) is 30.5 Å². The molecule has 94 valence electrons. The fourth-order valence-electron chi connectivity index (χ4n) is 2.29. The molecule has 2 atom stereocenters. The Bertz CT molecular complexity index is 348. The first-order valence-corrected chi connectivity index (χ1v) is 6.31. The van der Waals surface area contributed by atoms with Gasteiger partial charge in [0.15, 0.2) is 11.5 Å². The number of hydrogen-bond acceptors (Lipinski definition) is 3. The zero-order valence-electron chi connectivity index (χ0n) is 10.6. The van der Waals surface area contributed by atoms with Crippen LogP contribution in [0.4, 0.5) is 0 Å². The fourth-order valence-corrected chi connectivity index (χ4v) is 2.29. The molecule has 3 heteroatoms. The Morgan fingerprint density at radius 3 is 2.71 bits per heavy atom. The van der Waals surface area contributed by atoms with E-state index < -0.39 is 0 Å². The van der Waals surface area contributed by atoms with Gasteiger partial charge in [-0.25, -0.2) is 0 Å². The van der Waals surface area contributed by atoms with E-state index in [2.05, 4.69) is 12.2 Å². The monoisotopic (exact) mass is 235 g/mol. The molecule has 1 aromatic rings. The van der Waals surface area contributed by atoms with Crippen LogP contribution < -0.4 is 14.8 Å². The van der Waals surface area contributed by atoms with Crippen LogP contribution in [0.3, 0.4) is 0 Å². The van der Waals surface area contributed by atoms with Crippen molar-refractivity contribution in [2.24, 2.45) is 5.92 Å². The summed E-state index contributed by atoms with van der Waals surface area (Å²) in [5.41, 5.74) is 0. The number of methoxy groups -OCH3 is 1. The van der Waals surface area contributed by atoms with Crippen molar-refractivity contribution in [3.05, 3.63) is 24.3 Å². The minimum Gasteiger partial charge on any atom is -0.493 e. The lowest BCUT2D eigenvalue weighted by atomic mass is 9.94. The first kappa shape index (κ1) is 12.2. The van der Waals surface area contributed by atoms with E-state index in [4.69, 9.17) is 9.47 Å². The van der Waals surface area contributed by atoms with E-state index in [0.717, 1.165) is 24.6 Å². The van der Waals surface area contributed by atoms with Gasteiger partial charge in [-0.2, -0.15) is 0 Å². The zero-order valence-corrected chi connectivity index (χ0v) is 10.6. The summed E-state index contributed by atoms with van der Waals surface area (Å²) in [6.45, 7) is 4.33. The minimum absolute atomic E-state index is 0.221. The van der Waals surface area contributed by atoms with Crippen LogP contribution in [0.1, 0.15) is 19.8 Å². The predicted octanol–water partition coefficient (Wildman–Crippen LogP) is 2.46. The number of para-hydroxylation sites is 2. The zero-order chi connectivity index (χ0) is 12.1. The third kappa shape index (κ3) is 3.13. The van der Waals surface area contributed by atoms with E-state index in [9.17, 15) is 0 Å². The average Bonchev–Trinajstić information content (AvgIpc) is 2.40. The third-order valence-electron chi connectivity index (χ3n) is 3.38. The molecule has 0 saturated carbocycles. The molecule has 3 nitrogen and oxygen atoms in total. The number of benzene rings is 1. The van der Waals surface area contributed by atoms with Gasteiger partial charge in [0.25, 0.3) is 0 Å². The molecule has 2 unspecified atom stereocenters. The highest BCUT2D eigenvalue weighted by molar-refractivity contribution is 5.39. The third-order valence-corrected chi connectivity index (χ3v) is 3.38. The SMILES string of the molecule is COc1ccccc1OC(C)C1CCCNC1. The molecule has 1 aromatic carbocycles. The second-order valence-corrected chi connectivity index (χ2v) is 4.58. The van der Waals surface area contributed by atoms with Crippen LogP contribution in [0, 0.1) is 5.92 Å². The van der Waals surface area contributed by atoms with Gasteiger partial charge in [-0.3, -0.25) is 0 Å². The Labute approximate surface area is 103 Å². The summed E-state index contributed by atoms with van der Waals surface area (Å²) in [7, 11) is 1.68. The predicted molar refractivity (Wildman–Crippen MR) is 68.7 cm³/mol. The fraction of sp³-hybridized carbons (Fsp3) is 0.571. The lowest BCUT2D eigenvalue weighted by molar-refractivity contribution is 0.127.